The molecule has 0 saturated carbocycles. The highest BCUT2D eigenvalue weighted by Crippen LogP contribution is 2.29. The minimum atomic E-state index is -0.416. The van der Waals surface area contributed by atoms with Crippen LogP contribution in [0, 0.1) is 0 Å². The fourth-order valence-electron chi connectivity index (χ4n) is 1.89. The van der Waals surface area contributed by atoms with Crippen molar-refractivity contribution in [1.82, 2.24) is 0 Å². The molecule has 0 aliphatic carbocycles. The maximum absolute atomic E-state index is 11.5. The van der Waals surface area contributed by atoms with Crippen molar-refractivity contribution in [3.8, 4) is 11.5 Å². The van der Waals surface area contributed by atoms with Gasteiger partial charge in [-0.15, -0.1) is 0 Å². The first-order valence-corrected chi connectivity index (χ1v) is 7.53. The van der Waals surface area contributed by atoms with E-state index in [4.69, 9.17) is 23.7 Å². The normalized spacial score (nSPS) is 15.9. The van der Waals surface area contributed by atoms with Crippen LogP contribution in [0.25, 0.3) is 0 Å². The summed E-state index contributed by atoms with van der Waals surface area (Å²) in [7, 11) is 0. The van der Waals surface area contributed by atoms with E-state index in [1.165, 1.54) is 0 Å². The molecule has 1 heterocycles. The van der Waals surface area contributed by atoms with Crippen LogP contribution in [-0.2, 0) is 25.6 Å². The molecular weight excluding hydrogens is 300 g/mol. The number of carbonyl (C=O) groups is 1. The number of benzene rings is 1. The van der Waals surface area contributed by atoms with Gasteiger partial charge in [0.05, 0.1) is 26.4 Å². The molecule has 0 aromatic heterocycles. The van der Waals surface area contributed by atoms with Crippen molar-refractivity contribution in [2.45, 2.75) is 13.5 Å². The van der Waals surface area contributed by atoms with Crippen LogP contribution >= 0.6 is 0 Å². The average molecular weight is 322 g/mol. The molecule has 0 spiro atoms. The zero-order chi connectivity index (χ0) is 16.5. The highest BCUT2D eigenvalue weighted by molar-refractivity contribution is 5.86. The van der Waals surface area contributed by atoms with E-state index in [1.807, 2.05) is 6.07 Å². The average Bonchev–Trinajstić information content (AvgIpc) is 2.53. The largest absolute Gasteiger partial charge is 0.487 e. The molecule has 1 aliphatic heterocycles. The highest BCUT2D eigenvalue weighted by Gasteiger charge is 2.10. The molecule has 126 valence electrons. The van der Waals surface area contributed by atoms with Crippen LogP contribution in [0.3, 0.4) is 0 Å². The van der Waals surface area contributed by atoms with Gasteiger partial charge in [-0.25, -0.2) is 4.79 Å². The Labute approximate surface area is 135 Å². The monoisotopic (exact) mass is 322 g/mol. The molecule has 0 bridgehead atoms. The van der Waals surface area contributed by atoms with Crippen LogP contribution in [0.2, 0.25) is 0 Å². The van der Waals surface area contributed by atoms with E-state index < -0.39 is 5.97 Å². The molecule has 0 radical (unpaired) electrons. The van der Waals surface area contributed by atoms with Crippen molar-refractivity contribution in [3.63, 3.8) is 0 Å². The summed E-state index contributed by atoms with van der Waals surface area (Å²) in [6.45, 7) is 8.19. The number of hydrogen-bond donors (Lipinski definition) is 0. The Balaban J connectivity index is 2.02. The van der Waals surface area contributed by atoms with Crippen molar-refractivity contribution >= 4 is 5.97 Å². The van der Waals surface area contributed by atoms with Gasteiger partial charge in [0.15, 0.2) is 11.5 Å². The van der Waals surface area contributed by atoms with Crippen molar-refractivity contribution in [3.05, 3.63) is 35.9 Å². The van der Waals surface area contributed by atoms with Crippen molar-refractivity contribution in [1.29, 1.82) is 0 Å². The van der Waals surface area contributed by atoms with Gasteiger partial charge in [0.1, 0.15) is 19.8 Å². The number of esters is 1. The Hall–Kier alpha value is -2.05. The number of fused-ring (bicyclic) bond motifs is 1. The van der Waals surface area contributed by atoms with Crippen molar-refractivity contribution < 1.29 is 28.5 Å². The molecule has 1 aliphatic rings. The van der Waals surface area contributed by atoms with Gasteiger partial charge in [0, 0.05) is 5.57 Å². The van der Waals surface area contributed by atoms with Crippen LogP contribution in [-0.4, -0.2) is 45.6 Å². The lowest BCUT2D eigenvalue weighted by Gasteiger charge is -2.16. The predicted octanol–water partition coefficient (Wildman–Crippen LogP) is 2.11. The molecule has 0 N–H and O–H groups in total. The summed E-state index contributed by atoms with van der Waals surface area (Å²) < 4.78 is 27.3. The first-order chi connectivity index (χ1) is 11.2. The Kier molecular flexibility index (Phi) is 6.90. The van der Waals surface area contributed by atoms with Crippen molar-refractivity contribution in [2.75, 3.05) is 39.6 Å². The zero-order valence-electron chi connectivity index (χ0n) is 13.3. The maximum atomic E-state index is 11.5. The molecule has 23 heavy (non-hydrogen) atoms. The molecule has 0 fully saturated rings. The Morgan fingerprint density at radius 2 is 1.65 bits per heavy atom. The Morgan fingerprint density at radius 3 is 2.30 bits per heavy atom. The van der Waals surface area contributed by atoms with Gasteiger partial charge in [-0.3, -0.25) is 0 Å². The second-order valence-electron chi connectivity index (χ2n) is 5.06. The lowest BCUT2D eigenvalue weighted by atomic mass is 10.2. The summed E-state index contributed by atoms with van der Waals surface area (Å²) in [6, 6.07) is 5.43. The van der Waals surface area contributed by atoms with Gasteiger partial charge in [-0.1, -0.05) is 12.6 Å². The number of hydrogen-bond acceptors (Lipinski definition) is 6. The summed E-state index contributed by atoms with van der Waals surface area (Å²) in [6.07, 6.45) is 0. The summed E-state index contributed by atoms with van der Waals surface area (Å²) in [5, 5.41) is 0. The minimum absolute atomic E-state index is 0.155. The van der Waals surface area contributed by atoms with Crippen LogP contribution in [0.5, 0.6) is 11.5 Å². The molecular formula is C17H22O6. The lowest BCUT2D eigenvalue weighted by Crippen LogP contribution is -2.16. The third kappa shape index (κ3) is 5.92. The van der Waals surface area contributed by atoms with E-state index in [-0.39, 0.29) is 6.61 Å². The van der Waals surface area contributed by atoms with E-state index >= 15 is 0 Å². The fourth-order valence-corrected chi connectivity index (χ4v) is 1.89. The third-order valence-corrected chi connectivity index (χ3v) is 3.07. The van der Waals surface area contributed by atoms with Gasteiger partial charge in [-0.05, 0) is 24.6 Å². The SMILES string of the molecule is C=C(C)C(=O)OCc1ccc2c(c1)OCCOCCOCCO2. The lowest BCUT2D eigenvalue weighted by molar-refractivity contribution is -0.140. The first-order valence-electron chi connectivity index (χ1n) is 7.53. The van der Waals surface area contributed by atoms with E-state index in [9.17, 15) is 4.79 Å². The predicted molar refractivity (Wildman–Crippen MR) is 83.7 cm³/mol. The molecule has 2 rings (SSSR count). The topological polar surface area (TPSA) is 63.2 Å². The molecule has 0 unspecified atom stereocenters. The van der Waals surface area contributed by atoms with Gasteiger partial charge in [-0.2, -0.15) is 0 Å². The molecule has 0 saturated heterocycles. The van der Waals surface area contributed by atoms with Crippen LogP contribution in [0.4, 0.5) is 0 Å². The van der Waals surface area contributed by atoms with E-state index in [0.29, 0.717) is 56.7 Å². The van der Waals surface area contributed by atoms with Gasteiger partial charge in [0.25, 0.3) is 0 Å². The molecule has 0 atom stereocenters. The van der Waals surface area contributed by atoms with E-state index in [2.05, 4.69) is 6.58 Å². The summed E-state index contributed by atoms with van der Waals surface area (Å²) in [5.41, 5.74) is 1.18. The number of carbonyl (C=O) groups excluding carboxylic acids is 1. The summed E-state index contributed by atoms with van der Waals surface area (Å²) in [4.78, 5) is 11.5. The van der Waals surface area contributed by atoms with Crippen LogP contribution in [0.15, 0.2) is 30.4 Å². The van der Waals surface area contributed by atoms with Gasteiger partial charge in [0.2, 0.25) is 0 Å². The molecule has 1 aromatic rings. The standard InChI is InChI=1S/C17H22O6/c1-13(2)17(18)23-12-14-3-4-15-16(11-14)22-10-8-20-6-5-19-7-9-21-15/h3-4,11H,1,5-10,12H2,2H3. The molecule has 6 heteroatoms. The Morgan fingerprint density at radius 1 is 1.04 bits per heavy atom. The first kappa shape index (κ1) is 17.3. The summed E-state index contributed by atoms with van der Waals surface area (Å²) >= 11 is 0. The minimum Gasteiger partial charge on any atom is -0.487 e. The number of ether oxygens (including phenoxy) is 5. The Bertz CT molecular complexity index is 540. The van der Waals surface area contributed by atoms with E-state index in [0.717, 1.165) is 5.56 Å². The van der Waals surface area contributed by atoms with Gasteiger partial charge < -0.3 is 23.7 Å². The summed E-state index contributed by atoms with van der Waals surface area (Å²) in [5.74, 6) is 0.808. The smallest absolute Gasteiger partial charge is 0.333 e. The molecule has 6 nitrogen and oxygen atoms in total. The molecule has 1 aromatic carbocycles. The van der Waals surface area contributed by atoms with Crippen LogP contribution < -0.4 is 9.47 Å². The van der Waals surface area contributed by atoms with Gasteiger partial charge >= 0.3 is 5.97 Å². The van der Waals surface area contributed by atoms with Crippen molar-refractivity contribution in [2.24, 2.45) is 0 Å². The number of rotatable bonds is 3. The second kappa shape index (κ2) is 9.17. The zero-order valence-corrected chi connectivity index (χ0v) is 13.3. The van der Waals surface area contributed by atoms with E-state index in [1.54, 1.807) is 19.1 Å². The third-order valence-electron chi connectivity index (χ3n) is 3.07. The second-order valence-corrected chi connectivity index (χ2v) is 5.06. The quantitative estimate of drug-likeness (QED) is 0.627. The molecule has 0 amide bonds. The highest BCUT2D eigenvalue weighted by atomic mass is 16.6. The van der Waals surface area contributed by atoms with Crippen LogP contribution in [0.1, 0.15) is 12.5 Å². The maximum Gasteiger partial charge on any atom is 0.333 e. The fraction of sp³-hybridized carbons (Fsp3) is 0.471.